The van der Waals surface area contributed by atoms with Crippen LogP contribution in [-0.4, -0.2) is 67.8 Å². The number of aliphatic carboxylic acids is 1. The lowest BCUT2D eigenvalue weighted by Crippen LogP contribution is -2.54. The van der Waals surface area contributed by atoms with Gasteiger partial charge in [0.15, 0.2) is 6.17 Å². The molecule has 2 heterocycles. The standard InChI is InChI=1S/C27H25N5O7/c1-17-4-2-6-20(14-17)27(37)31-13-12-30(26(36)18-8-10-28-11-9-18)25(31)24(35)29-22(16-23(33)34)19-5-3-7-21(15-19)32(38)39/h2-11,14-15,22,25H,12-13,16H2,1H3,(H,29,35)(H,33,34). The molecular formula is C27H25N5O7. The first kappa shape index (κ1) is 26.9. The Labute approximate surface area is 223 Å². The van der Waals surface area contributed by atoms with E-state index >= 15 is 0 Å². The maximum absolute atomic E-state index is 13.8. The monoisotopic (exact) mass is 531 g/mol. The number of nitrogens with zero attached hydrogens (tertiary/aromatic N) is 4. The van der Waals surface area contributed by atoms with Gasteiger partial charge in [0, 0.05) is 48.7 Å². The Kier molecular flexibility index (Phi) is 7.94. The molecular weight excluding hydrogens is 506 g/mol. The highest BCUT2D eigenvalue weighted by Crippen LogP contribution is 2.25. The number of carboxylic acids is 1. The summed E-state index contributed by atoms with van der Waals surface area (Å²) in [6.45, 7) is 1.93. The minimum absolute atomic E-state index is 0.0528. The van der Waals surface area contributed by atoms with Crippen molar-refractivity contribution in [1.82, 2.24) is 20.1 Å². The van der Waals surface area contributed by atoms with E-state index in [9.17, 15) is 34.4 Å². The number of aromatic nitrogens is 1. The SMILES string of the molecule is Cc1cccc(C(=O)N2CCN(C(=O)c3ccncc3)C2C(=O)NC(CC(=O)O)c2cccc([N+](=O)[O-])c2)c1. The van der Waals surface area contributed by atoms with Gasteiger partial charge in [0.25, 0.3) is 23.4 Å². The van der Waals surface area contributed by atoms with E-state index in [4.69, 9.17) is 0 Å². The van der Waals surface area contributed by atoms with Crippen molar-refractivity contribution >= 4 is 29.4 Å². The third kappa shape index (κ3) is 6.06. The van der Waals surface area contributed by atoms with E-state index in [-0.39, 0.29) is 29.9 Å². The van der Waals surface area contributed by atoms with Crippen LogP contribution < -0.4 is 5.32 Å². The highest BCUT2D eigenvalue weighted by atomic mass is 16.6. The maximum Gasteiger partial charge on any atom is 0.305 e. The molecule has 3 amide bonds. The number of hydrogen-bond acceptors (Lipinski definition) is 7. The summed E-state index contributed by atoms with van der Waals surface area (Å²) < 4.78 is 0. The molecule has 2 atom stereocenters. The highest BCUT2D eigenvalue weighted by Gasteiger charge is 2.44. The van der Waals surface area contributed by atoms with E-state index in [1.807, 2.05) is 13.0 Å². The highest BCUT2D eigenvalue weighted by molar-refractivity contribution is 6.02. The first-order valence-electron chi connectivity index (χ1n) is 12.0. The molecule has 0 radical (unpaired) electrons. The Hall–Kier alpha value is -5.13. The molecule has 2 N–H and O–H groups in total. The van der Waals surface area contributed by atoms with Crippen molar-refractivity contribution in [2.24, 2.45) is 0 Å². The number of non-ortho nitro benzene ring substituents is 1. The first-order valence-corrected chi connectivity index (χ1v) is 12.0. The van der Waals surface area contributed by atoms with Crippen LogP contribution in [0.25, 0.3) is 0 Å². The molecule has 39 heavy (non-hydrogen) atoms. The van der Waals surface area contributed by atoms with Crippen molar-refractivity contribution in [3.05, 3.63) is 105 Å². The molecule has 0 spiro atoms. The van der Waals surface area contributed by atoms with Crippen LogP contribution in [0.15, 0.2) is 73.1 Å². The van der Waals surface area contributed by atoms with Crippen LogP contribution in [0, 0.1) is 17.0 Å². The minimum atomic E-state index is -1.39. The fraction of sp³-hybridized carbons (Fsp3) is 0.222. The van der Waals surface area contributed by atoms with E-state index in [2.05, 4.69) is 10.3 Å². The third-order valence-electron chi connectivity index (χ3n) is 6.30. The summed E-state index contributed by atoms with van der Waals surface area (Å²) in [4.78, 5) is 69.3. The predicted molar refractivity (Wildman–Crippen MR) is 138 cm³/mol. The first-order chi connectivity index (χ1) is 18.7. The molecule has 4 rings (SSSR count). The topological polar surface area (TPSA) is 163 Å². The van der Waals surface area contributed by atoms with Crippen LogP contribution in [0.4, 0.5) is 5.69 Å². The van der Waals surface area contributed by atoms with Gasteiger partial charge in [-0.15, -0.1) is 0 Å². The van der Waals surface area contributed by atoms with Gasteiger partial charge in [0.2, 0.25) is 0 Å². The second-order valence-corrected chi connectivity index (χ2v) is 8.99. The fourth-order valence-corrected chi connectivity index (χ4v) is 4.47. The van der Waals surface area contributed by atoms with E-state index in [1.54, 1.807) is 18.2 Å². The quantitative estimate of drug-likeness (QED) is 0.331. The average Bonchev–Trinajstić information content (AvgIpc) is 3.37. The maximum atomic E-state index is 13.8. The van der Waals surface area contributed by atoms with Gasteiger partial charge >= 0.3 is 5.97 Å². The van der Waals surface area contributed by atoms with E-state index in [0.717, 1.165) is 5.56 Å². The smallest absolute Gasteiger partial charge is 0.305 e. The Bertz CT molecular complexity index is 1430. The number of carbonyl (C=O) groups excluding carboxylic acids is 3. The molecule has 1 aliphatic rings. The van der Waals surface area contributed by atoms with Crippen LogP contribution in [0.1, 0.15) is 44.3 Å². The van der Waals surface area contributed by atoms with E-state index in [0.29, 0.717) is 5.56 Å². The molecule has 2 unspecified atom stereocenters. The van der Waals surface area contributed by atoms with Gasteiger partial charge < -0.3 is 20.2 Å². The number of rotatable bonds is 8. The number of pyridine rings is 1. The van der Waals surface area contributed by atoms with Crippen molar-refractivity contribution in [3.63, 3.8) is 0 Å². The number of amides is 3. The van der Waals surface area contributed by atoms with Crippen LogP contribution in [0.3, 0.4) is 0 Å². The van der Waals surface area contributed by atoms with Gasteiger partial charge in [0.1, 0.15) is 0 Å². The lowest BCUT2D eigenvalue weighted by molar-refractivity contribution is -0.384. The normalized spacial score (nSPS) is 15.5. The number of benzene rings is 2. The summed E-state index contributed by atoms with van der Waals surface area (Å²) in [5, 5.41) is 23.4. The Morgan fingerprint density at radius 3 is 2.26 bits per heavy atom. The van der Waals surface area contributed by atoms with Crippen molar-refractivity contribution < 1.29 is 29.2 Å². The summed E-state index contributed by atoms with van der Waals surface area (Å²) in [6.07, 6.45) is 0.885. The lowest BCUT2D eigenvalue weighted by atomic mass is 10.0. The van der Waals surface area contributed by atoms with Crippen LogP contribution in [-0.2, 0) is 9.59 Å². The fourth-order valence-electron chi connectivity index (χ4n) is 4.47. The Morgan fingerprint density at radius 1 is 1.00 bits per heavy atom. The molecule has 1 saturated heterocycles. The largest absolute Gasteiger partial charge is 0.481 e. The van der Waals surface area contributed by atoms with Gasteiger partial charge in [0.05, 0.1) is 17.4 Å². The van der Waals surface area contributed by atoms with Crippen LogP contribution in [0.5, 0.6) is 0 Å². The molecule has 3 aromatic rings. The average molecular weight is 532 g/mol. The number of carbonyl (C=O) groups is 4. The second kappa shape index (κ2) is 11.5. The third-order valence-corrected chi connectivity index (χ3v) is 6.30. The number of hydrogen-bond donors (Lipinski definition) is 2. The molecule has 0 aliphatic carbocycles. The number of nitro benzene ring substituents is 1. The van der Waals surface area contributed by atoms with Gasteiger partial charge in [-0.2, -0.15) is 0 Å². The number of aryl methyl sites for hydroxylation is 1. The summed E-state index contributed by atoms with van der Waals surface area (Å²) in [5.41, 5.74) is 1.34. The van der Waals surface area contributed by atoms with E-state index < -0.39 is 47.2 Å². The van der Waals surface area contributed by atoms with Gasteiger partial charge in [-0.25, -0.2) is 0 Å². The molecule has 1 aliphatic heterocycles. The van der Waals surface area contributed by atoms with Gasteiger partial charge in [-0.1, -0.05) is 29.8 Å². The Morgan fingerprint density at radius 2 is 1.64 bits per heavy atom. The lowest BCUT2D eigenvalue weighted by Gasteiger charge is -2.31. The summed E-state index contributed by atoms with van der Waals surface area (Å²) in [7, 11) is 0. The predicted octanol–water partition coefficient (Wildman–Crippen LogP) is 2.55. The van der Waals surface area contributed by atoms with Gasteiger partial charge in [-0.05, 0) is 36.8 Å². The summed E-state index contributed by atoms with van der Waals surface area (Å²) in [5.74, 6) is -3.04. The molecule has 0 saturated carbocycles. The van der Waals surface area contributed by atoms with Crippen molar-refractivity contribution in [2.75, 3.05) is 13.1 Å². The van der Waals surface area contributed by atoms with Crippen LogP contribution >= 0.6 is 0 Å². The Balaban J connectivity index is 1.70. The summed E-state index contributed by atoms with van der Waals surface area (Å²) in [6, 6.07) is 13.9. The van der Waals surface area contributed by atoms with E-state index in [1.165, 1.54) is 58.6 Å². The number of carboxylic acid groups (broad SMARTS) is 1. The molecule has 200 valence electrons. The molecule has 1 fully saturated rings. The van der Waals surface area contributed by atoms with Crippen molar-refractivity contribution in [1.29, 1.82) is 0 Å². The van der Waals surface area contributed by atoms with Crippen molar-refractivity contribution in [2.45, 2.75) is 25.6 Å². The minimum Gasteiger partial charge on any atom is -0.481 e. The molecule has 12 heteroatoms. The molecule has 2 aromatic carbocycles. The second-order valence-electron chi connectivity index (χ2n) is 8.99. The van der Waals surface area contributed by atoms with Gasteiger partial charge in [-0.3, -0.25) is 34.3 Å². The molecule has 0 bridgehead atoms. The molecule has 1 aromatic heterocycles. The summed E-state index contributed by atoms with van der Waals surface area (Å²) >= 11 is 0. The zero-order chi connectivity index (χ0) is 28.1. The molecule has 12 nitrogen and oxygen atoms in total. The van der Waals surface area contributed by atoms with Crippen molar-refractivity contribution in [3.8, 4) is 0 Å². The van der Waals surface area contributed by atoms with Crippen LogP contribution in [0.2, 0.25) is 0 Å². The zero-order valence-corrected chi connectivity index (χ0v) is 20.9. The number of nitro groups is 1. The zero-order valence-electron chi connectivity index (χ0n) is 20.9. The number of nitrogens with one attached hydrogen (secondary N) is 1.